The Morgan fingerprint density at radius 2 is 1.78 bits per heavy atom. The van der Waals surface area contributed by atoms with Gasteiger partial charge in [-0.2, -0.15) is 0 Å². The summed E-state index contributed by atoms with van der Waals surface area (Å²) in [6.07, 6.45) is 12.8. The largest absolute Gasteiger partial charge is 0.308 e. The van der Waals surface area contributed by atoms with Crippen molar-refractivity contribution < 1.29 is 0 Å². The van der Waals surface area contributed by atoms with E-state index >= 15 is 0 Å². The Balaban J connectivity index is 1.79. The first-order chi connectivity index (χ1) is 8.74. The van der Waals surface area contributed by atoms with Gasteiger partial charge in [0.1, 0.15) is 0 Å². The predicted octanol–water partition coefficient (Wildman–Crippen LogP) is 3.32. The molecule has 0 aromatic heterocycles. The number of nitrogens with one attached hydrogen (secondary N) is 1. The summed E-state index contributed by atoms with van der Waals surface area (Å²) in [6.45, 7) is 7.35. The highest BCUT2D eigenvalue weighted by molar-refractivity contribution is 5.08. The maximum absolute atomic E-state index is 3.93. The molecule has 1 heterocycles. The smallest absolute Gasteiger partial charge is 0.0309 e. The molecule has 3 aliphatic rings. The fraction of sp³-hybridized carbons (Fsp3) is 1.00. The van der Waals surface area contributed by atoms with Gasteiger partial charge in [-0.1, -0.05) is 26.7 Å². The summed E-state index contributed by atoms with van der Waals surface area (Å²) in [6, 6.07) is 0.788. The molecular weight excluding hydrogens is 220 g/mol. The van der Waals surface area contributed by atoms with Gasteiger partial charge < -0.3 is 5.32 Å². The SMILES string of the molecule is CCC1CNC2(CCCC2)CN1C1(CC)CCC1. The lowest BCUT2D eigenvalue weighted by atomic mass is 9.71. The molecule has 2 heteroatoms. The minimum atomic E-state index is 0.490. The third kappa shape index (κ3) is 1.92. The average molecular weight is 250 g/mol. The molecular formula is C16H30N2. The van der Waals surface area contributed by atoms with Crippen LogP contribution in [0.5, 0.6) is 0 Å². The molecule has 1 spiro atoms. The van der Waals surface area contributed by atoms with Gasteiger partial charge in [0.25, 0.3) is 0 Å². The van der Waals surface area contributed by atoms with Crippen LogP contribution >= 0.6 is 0 Å². The number of piperazine rings is 1. The summed E-state index contributed by atoms with van der Waals surface area (Å²) in [4.78, 5) is 2.94. The van der Waals surface area contributed by atoms with Gasteiger partial charge in [0.15, 0.2) is 0 Å². The molecule has 2 nitrogen and oxygen atoms in total. The van der Waals surface area contributed by atoms with Crippen LogP contribution in [-0.4, -0.2) is 35.1 Å². The Morgan fingerprint density at radius 1 is 1.06 bits per heavy atom. The topological polar surface area (TPSA) is 15.3 Å². The minimum Gasteiger partial charge on any atom is -0.308 e. The van der Waals surface area contributed by atoms with Crippen LogP contribution in [0.3, 0.4) is 0 Å². The van der Waals surface area contributed by atoms with Crippen LogP contribution in [-0.2, 0) is 0 Å². The molecule has 18 heavy (non-hydrogen) atoms. The van der Waals surface area contributed by atoms with Crippen LogP contribution in [0.2, 0.25) is 0 Å². The molecule has 1 N–H and O–H groups in total. The van der Waals surface area contributed by atoms with E-state index in [1.165, 1.54) is 70.9 Å². The summed E-state index contributed by atoms with van der Waals surface area (Å²) >= 11 is 0. The standard InChI is InChI=1S/C16H30N2/c1-3-14-12-17-15(8-5-6-9-15)13-18(14)16(4-2)10-7-11-16/h14,17H,3-13H2,1-2H3. The van der Waals surface area contributed by atoms with E-state index in [0.29, 0.717) is 11.1 Å². The zero-order valence-electron chi connectivity index (χ0n) is 12.3. The lowest BCUT2D eigenvalue weighted by Gasteiger charge is -2.58. The summed E-state index contributed by atoms with van der Waals surface area (Å²) in [7, 11) is 0. The van der Waals surface area contributed by atoms with Crippen molar-refractivity contribution in [2.75, 3.05) is 13.1 Å². The zero-order valence-corrected chi connectivity index (χ0v) is 12.3. The van der Waals surface area contributed by atoms with E-state index in [1.54, 1.807) is 0 Å². The molecule has 0 aromatic carbocycles. The van der Waals surface area contributed by atoms with Crippen molar-refractivity contribution in [3.05, 3.63) is 0 Å². The van der Waals surface area contributed by atoms with E-state index in [0.717, 1.165) is 6.04 Å². The molecule has 0 radical (unpaired) electrons. The van der Waals surface area contributed by atoms with Crippen molar-refractivity contribution in [3.8, 4) is 0 Å². The van der Waals surface area contributed by atoms with Gasteiger partial charge in [-0.25, -0.2) is 0 Å². The van der Waals surface area contributed by atoms with Crippen molar-refractivity contribution in [2.45, 2.75) is 88.8 Å². The molecule has 3 fully saturated rings. The highest BCUT2D eigenvalue weighted by atomic mass is 15.3. The van der Waals surface area contributed by atoms with Crippen LogP contribution in [0.25, 0.3) is 0 Å². The Kier molecular flexibility index (Phi) is 3.44. The lowest BCUT2D eigenvalue weighted by molar-refractivity contribution is -0.0622. The molecule has 1 unspecified atom stereocenters. The molecule has 0 amide bonds. The second-order valence-electron chi connectivity index (χ2n) is 6.99. The molecule has 0 bridgehead atoms. The number of rotatable bonds is 3. The van der Waals surface area contributed by atoms with Crippen LogP contribution in [0.4, 0.5) is 0 Å². The Hall–Kier alpha value is -0.0800. The quantitative estimate of drug-likeness (QED) is 0.826. The third-order valence-electron chi connectivity index (χ3n) is 6.21. The minimum absolute atomic E-state index is 0.490. The first kappa shape index (κ1) is 12.9. The first-order valence-corrected chi connectivity index (χ1v) is 8.25. The van der Waals surface area contributed by atoms with Crippen molar-refractivity contribution in [1.29, 1.82) is 0 Å². The van der Waals surface area contributed by atoms with Gasteiger partial charge in [0.05, 0.1) is 0 Å². The maximum Gasteiger partial charge on any atom is 0.0309 e. The van der Waals surface area contributed by atoms with E-state index in [1.807, 2.05) is 0 Å². The van der Waals surface area contributed by atoms with Gasteiger partial charge in [-0.3, -0.25) is 4.90 Å². The van der Waals surface area contributed by atoms with Crippen molar-refractivity contribution >= 4 is 0 Å². The molecule has 2 aliphatic carbocycles. The Bertz CT molecular complexity index is 284. The van der Waals surface area contributed by atoms with Gasteiger partial charge in [0.2, 0.25) is 0 Å². The maximum atomic E-state index is 3.93. The first-order valence-electron chi connectivity index (χ1n) is 8.25. The zero-order chi connectivity index (χ0) is 12.6. The molecule has 104 valence electrons. The molecule has 2 saturated carbocycles. The number of hydrogen-bond donors (Lipinski definition) is 1. The fourth-order valence-electron chi connectivity index (χ4n) is 4.69. The molecule has 3 rings (SSSR count). The molecule has 1 saturated heterocycles. The van der Waals surface area contributed by atoms with E-state index in [2.05, 4.69) is 24.1 Å². The Labute approximate surface area is 113 Å². The van der Waals surface area contributed by atoms with E-state index in [9.17, 15) is 0 Å². The van der Waals surface area contributed by atoms with Gasteiger partial charge >= 0.3 is 0 Å². The van der Waals surface area contributed by atoms with Crippen LogP contribution < -0.4 is 5.32 Å². The van der Waals surface area contributed by atoms with Gasteiger partial charge in [-0.15, -0.1) is 0 Å². The number of nitrogens with zero attached hydrogens (tertiary/aromatic N) is 1. The van der Waals surface area contributed by atoms with Crippen molar-refractivity contribution in [3.63, 3.8) is 0 Å². The fourth-order valence-corrected chi connectivity index (χ4v) is 4.69. The monoisotopic (exact) mass is 250 g/mol. The van der Waals surface area contributed by atoms with Crippen molar-refractivity contribution in [1.82, 2.24) is 10.2 Å². The number of hydrogen-bond acceptors (Lipinski definition) is 2. The van der Waals surface area contributed by atoms with Crippen LogP contribution in [0.1, 0.15) is 71.6 Å². The summed E-state index contributed by atoms with van der Waals surface area (Å²) in [5, 5.41) is 3.93. The normalized spacial score (nSPS) is 34.7. The summed E-state index contributed by atoms with van der Waals surface area (Å²) < 4.78 is 0. The summed E-state index contributed by atoms with van der Waals surface area (Å²) in [5.41, 5.74) is 1.07. The predicted molar refractivity (Wildman–Crippen MR) is 76.9 cm³/mol. The van der Waals surface area contributed by atoms with Crippen LogP contribution in [0.15, 0.2) is 0 Å². The molecule has 1 atom stereocenters. The Morgan fingerprint density at radius 3 is 2.28 bits per heavy atom. The van der Waals surface area contributed by atoms with E-state index in [4.69, 9.17) is 0 Å². The van der Waals surface area contributed by atoms with Gasteiger partial charge in [-0.05, 0) is 44.9 Å². The highest BCUT2D eigenvalue weighted by Crippen LogP contribution is 2.45. The highest BCUT2D eigenvalue weighted by Gasteiger charge is 2.49. The van der Waals surface area contributed by atoms with E-state index in [-0.39, 0.29) is 0 Å². The molecule has 0 aromatic rings. The lowest BCUT2D eigenvalue weighted by Crippen LogP contribution is -2.70. The second-order valence-corrected chi connectivity index (χ2v) is 6.99. The average Bonchev–Trinajstić information content (AvgIpc) is 2.77. The van der Waals surface area contributed by atoms with Gasteiger partial charge in [0, 0.05) is 30.2 Å². The van der Waals surface area contributed by atoms with E-state index < -0.39 is 0 Å². The second kappa shape index (κ2) is 4.79. The summed E-state index contributed by atoms with van der Waals surface area (Å²) in [5.74, 6) is 0. The third-order valence-corrected chi connectivity index (χ3v) is 6.21. The molecule has 1 aliphatic heterocycles. The van der Waals surface area contributed by atoms with Crippen molar-refractivity contribution in [2.24, 2.45) is 0 Å². The van der Waals surface area contributed by atoms with Crippen LogP contribution in [0, 0.1) is 0 Å².